The summed E-state index contributed by atoms with van der Waals surface area (Å²) in [4.78, 5) is 1.92. The molecular formula is C15H20N2O3. The van der Waals surface area contributed by atoms with E-state index >= 15 is 0 Å². The van der Waals surface area contributed by atoms with Crippen LogP contribution in [0.25, 0.3) is 11.1 Å². The summed E-state index contributed by atoms with van der Waals surface area (Å²) in [5, 5.41) is 18.2. The van der Waals surface area contributed by atoms with Crippen LogP contribution in [0.1, 0.15) is 5.56 Å². The van der Waals surface area contributed by atoms with Gasteiger partial charge >= 0.3 is 0 Å². The molecule has 20 heavy (non-hydrogen) atoms. The number of aryl methyl sites for hydroxylation is 1. The number of aliphatic hydroxyl groups excluding tert-OH is 2. The van der Waals surface area contributed by atoms with Crippen LogP contribution in [0.5, 0.6) is 0 Å². The molecule has 108 valence electrons. The number of aliphatic hydroxyl groups is 2. The van der Waals surface area contributed by atoms with E-state index in [1.165, 1.54) is 0 Å². The van der Waals surface area contributed by atoms with Gasteiger partial charge in [-0.1, -0.05) is 0 Å². The van der Waals surface area contributed by atoms with Crippen LogP contribution in [0, 0.1) is 6.92 Å². The number of nitrogens with zero attached hydrogens (tertiary/aromatic N) is 1. The molecule has 5 heteroatoms. The molecule has 1 heterocycles. The summed E-state index contributed by atoms with van der Waals surface area (Å²) < 4.78 is 5.20. The van der Waals surface area contributed by atoms with Crippen molar-refractivity contribution in [2.45, 2.75) is 6.92 Å². The van der Waals surface area contributed by atoms with Gasteiger partial charge < -0.3 is 25.3 Å². The van der Waals surface area contributed by atoms with E-state index in [-0.39, 0.29) is 13.2 Å². The van der Waals surface area contributed by atoms with Gasteiger partial charge in [-0.15, -0.1) is 0 Å². The first-order valence-electron chi connectivity index (χ1n) is 6.56. The molecular weight excluding hydrogens is 256 g/mol. The van der Waals surface area contributed by atoms with Gasteiger partial charge in [0, 0.05) is 35.6 Å². The van der Waals surface area contributed by atoms with Gasteiger partial charge in [0.25, 0.3) is 0 Å². The van der Waals surface area contributed by atoms with Gasteiger partial charge in [0.1, 0.15) is 0 Å². The number of nitrogens with two attached hydrogens (primary N) is 1. The Bertz CT molecular complexity index is 560. The van der Waals surface area contributed by atoms with Crippen molar-refractivity contribution in [3.63, 3.8) is 0 Å². The Kier molecular flexibility index (Phi) is 4.65. The zero-order valence-corrected chi connectivity index (χ0v) is 11.5. The maximum atomic E-state index is 9.11. The fourth-order valence-corrected chi connectivity index (χ4v) is 2.22. The standard InChI is InChI=1S/C15H20N2O3/c1-11-9-20-10-14(11)13-8-12(2-3-15(13)16)17(4-6-18)5-7-19/h2-3,8-10,18-19H,4-7,16H2,1H3. The normalized spacial score (nSPS) is 10.8. The fraction of sp³-hybridized carbons (Fsp3) is 0.333. The molecule has 0 spiro atoms. The van der Waals surface area contributed by atoms with Crippen LogP contribution in [-0.2, 0) is 0 Å². The van der Waals surface area contributed by atoms with Gasteiger partial charge in [-0.2, -0.15) is 0 Å². The van der Waals surface area contributed by atoms with Crippen molar-refractivity contribution >= 4 is 11.4 Å². The number of hydrogen-bond acceptors (Lipinski definition) is 5. The zero-order valence-electron chi connectivity index (χ0n) is 11.5. The van der Waals surface area contributed by atoms with Crippen molar-refractivity contribution in [2.75, 3.05) is 36.9 Å². The van der Waals surface area contributed by atoms with E-state index in [4.69, 9.17) is 20.4 Å². The van der Waals surface area contributed by atoms with Crippen LogP contribution in [-0.4, -0.2) is 36.5 Å². The molecule has 0 radical (unpaired) electrons. The second-order valence-corrected chi connectivity index (χ2v) is 4.67. The van der Waals surface area contributed by atoms with Crippen LogP contribution >= 0.6 is 0 Å². The third-order valence-electron chi connectivity index (χ3n) is 3.29. The minimum atomic E-state index is 0.0322. The van der Waals surface area contributed by atoms with E-state index in [0.29, 0.717) is 18.8 Å². The summed E-state index contributed by atoms with van der Waals surface area (Å²) in [6, 6.07) is 5.68. The lowest BCUT2D eigenvalue weighted by Gasteiger charge is -2.24. The molecule has 5 nitrogen and oxygen atoms in total. The third-order valence-corrected chi connectivity index (χ3v) is 3.29. The Balaban J connectivity index is 2.39. The molecule has 0 amide bonds. The van der Waals surface area contributed by atoms with Gasteiger partial charge in [-0.25, -0.2) is 0 Å². The number of benzene rings is 1. The van der Waals surface area contributed by atoms with E-state index < -0.39 is 0 Å². The van der Waals surface area contributed by atoms with Crippen molar-refractivity contribution in [2.24, 2.45) is 0 Å². The Hall–Kier alpha value is -1.98. The molecule has 0 unspecified atom stereocenters. The molecule has 0 saturated carbocycles. The predicted octanol–water partition coefficient (Wildman–Crippen LogP) is 1.63. The van der Waals surface area contributed by atoms with Gasteiger partial charge in [-0.3, -0.25) is 0 Å². The first-order chi connectivity index (χ1) is 9.67. The molecule has 4 N–H and O–H groups in total. The molecule has 0 saturated heterocycles. The highest BCUT2D eigenvalue weighted by molar-refractivity contribution is 5.81. The quantitative estimate of drug-likeness (QED) is 0.698. The fourth-order valence-electron chi connectivity index (χ4n) is 2.22. The van der Waals surface area contributed by atoms with Crippen molar-refractivity contribution < 1.29 is 14.6 Å². The minimum absolute atomic E-state index is 0.0322. The van der Waals surface area contributed by atoms with E-state index in [1.54, 1.807) is 12.5 Å². The number of nitrogen functional groups attached to an aromatic ring is 1. The Labute approximate surface area is 118 Å². The Morgan fingerprint density at radius 1 is 1.10 bits per heavy atom. The summed E-state index contributed by atoms with van der Waals surface area (Å²) in [6.45, 7) is 2.96. The summed E-state index contributed by atoms with van der Waals surface area (Å²) in [5.74, 6) is 0. The van der Waals surface area contributed by atoms with Crippen LogP contribution in [0.4, 0.5) is 11.4 Å². The summed E-state index contributed by atoms with van der Waals surface area (Å²) >= 11 is 0. The molecule has 0 bridgehead atoms. The number of anilines is 2. The lowest BCUT2D eigenvalue weighted by atomic mass is 10.0. The molecule has 0 aliphatic heterocycles. The molecule has 0 fully saturated rings. The van der Waals surface area contributed by atoms with Crippen molar-refractivity contribution in [3.05, 3.63) is 36.3 Å². The van der Waals surface area contributed by atoms with Crippen LogP contribution in [0.2, 0.25) is 0 Å². The first kappa shape index (κ1) is 14.4. The Morgan fingerprint density at radius 2 is 1.80 bits per heavy atom. The average Bonchev–Trinajstić information content (AvgIpc) is 2.85. The highest BCUT2D eigenvalue weighted by Gasteiger charge is 2.12. The van der Waals surface area contributed by atoms with E-state index in [0.717, 1.165) is 22.4 Å². The number of hydrogen-bond donors (Lipinski definition) is 3. The summed E-state index contributed by atoms with van der Waals surface area (Å²) in [5.41, 5.74) is 10.5. The maximum absolute atomic E-state index is 9.11. The van der Waals surface area contributed by atoms with Crippen molar-refractivity contribution in [1.29, 1.82) is 0 Å². The first-order valence-corrected chi connectivity index (χ1v) is 6.56. The maximum Gasteiger partial charge on any atom is 0.0984 e. The van der Waals surface area contributed by atoms with Crippen molar-refractivity contribution in [1.82, 2.24) is 0 Å². The molecule has 0 aliphatic rings. The summed E-state index contributed by atoms with van der Waals surface area (Å²) in [6.07, 6.45) is 3.36. The molecule has 0 atom stereocenters. The average molecular weight is 276 g/mol. The number of furan rings is 1. The molecule has 2 rings (SSSR count). The zero-order chi connectivity index (χ0) is 14.5. The van der Waals surface area contributed by atoms with Crippen LogP contribution in [0.3, 0.4) is 0 Å². The largest absolute Gasteiger partial charge is 0.472 e. The van der Waals surface area contributed by atoms with Crippen LogP contribution < -0.4 is 10.6 Å². The minimum Gasteiger partial charge on any atom is -0.472 e. The van der Waals surface area contributed by atoms with E-state index in [1.807, 2.05) is 30.0 Å². The molecule has 0 aliphatic carbocycles. The smallest absolute Gasteiger partial charge is 0.0984 e. The number of rotatable bonds is 6. The molecule has 1 aromatic carbocycles. The molecule has 1 aromatic heterocycles. The lowest BCUT2D eigenvalue weighted by molar-refractivity contribution is 0.281. The van der Waals surface area contributed by atoms with Crippen molar-refractivity contribution in [3.8, 4) is 11.1 Å². The lowest BCUT2D eigenvalue weighted by Crippen LogP contribution is -2.29. The molecule has 2 aromatic rings. The second kappa shape index (κ2) is 6.45. The van der Waals surface area contributed by atoms with Gasteiger partial charge in [-0.05, 0) is 30.7 Å². The summed E-state index contributed by atoms with van der Waals surface area (Å²) in [7, 11) is 0. The topological polar surface area (TPSA) is 82.9 Å². The highest BCUT2D eigenvalue weighted by Crippen LogP contribution is 2.32. The Morgan fingerprint density at radius 3 is 2.35 bits per heavy atom. The van der Waals surface area contributed by atoms with E-state index in [2.05, 4.69) is 0 Å². The highest BCUT2D eigenvalue weighted by atomic mass is 16.3. The SMILES string of the molecule is Cc1cocc1-c1cc(N(CCO)CCO)ccc1N. The van der Waals surface area contributed by atoms with Gasteiger partial charge in [0.2, 0.25) is 0 Å². The monoisotopic (exact) mass is 276 g/mol. The second-order valence-electron chi connectivity index (χ2n) is 4.67. The predicted molar refractivity (Wildman–Crippen MR) is 79.7 cm³/mol. The van der Waals surface area contributed by atoms with Gasteiger partial charge in [0.15, 0.2) is 0 Å². The van der Waals surface area contributed by atoms with Gasteiger partial charge in [0.05, 0.1) is 25.7 Å². The third kappa shape index (κ3) is 2.95. The van der Waals surface area contributed by atoms with E-state index in [9.17, 15) is 0 Å². The van der Waals surface area contributed by atoms with Crippen LogP contribution in [0.15, 0.2) is 35.1 Å².